The zero-order valence-electron chi connectivity index (χ0n) is 23.4. The third kappa shape index (κ3) is 3.86. The fraction of sp³-hybridized carbons (Fsp3) is 0. The quantitative estimate of drug-likeness (QED) is 0.158. The number of para-hydroxylation sites is 1. The molecule has 0 radical (unpaired) electrons. The maximum Gasteiger partial charge on any atom is 0.268 e. The summed E-state index contributed by atoms with van der Waals surface area (Å²) < 4.78 is 2.09. The van der Waals surface area contributed by atoms with Crippen LogP contribution >= 0.6 is 0 Å². The number of carbonyl (C=O) groups excluding carboxylic acids is 2. The average Bonchev–Trinajstić information content (AvgIpc) is 3.55. The Hall–Kier alpha value is -6.25. The van der Waals surface area contributed by atoms with Crippen LogP contribution in [0, 0.1) is 6.57 Å². The number of amides is 2. The molecule has 0 spiro atoms. The Morgan fingerprint density at radius 2 is 1.18 bits per heavy atom. The normalized spacial score (nSPS) is 12.6. The second-order valence-electron chi connectivity index (χ2n) is 10.8. The van der Waals surface area contributed by atoms with Gasteiger partial charge in [0.1, 0.15) is 0 Å². The molecule has 0 bridgehead atoms. The van der Waals surface area contributed by atoms with Crippen LogP contribution in [0.3, 0.4) is 0 Å². The van der Waals surface area contributed by atoms with Crippen LogP contribution in [0.1, 0.15) is 20.7 Å². The van der Waals surface area contributed by atoms with E-state index in [1.807, 2.05) is 103 Å². The van der Waals surface area contributed by atoms with Gasteiger partial charge in [-0.3, -0.25) is 9.59 Å². The highest BCUT2D eigenvalue weighted by Crippen LogP contribution is 2.39. The van der Waals surface area contributed by atoms with Crippen molar-refractivity contribution in [2.75, 3.05) is 4.90 Å². The van der Waals surface area contributed by atoms with Gasteiger partial charge in [0, 0.05) is 10.8 Å². The van der Waals surface area contributed by atoms with E-state index in [1.165, 1.54) is 4.90 Å². The van der Waals surface area contributed by atoms with Gasteiger partial charge in [0.2, 0.25) is 0 Å². The third-order valence-electron chi connectivity index (χ3n) is 8.35. The van der Waals surface area contributed by atoms with Gasteiger partial charge in [-0.2, -0.15) is 0 Å². The molecule has 0 fully saturated rings. The lowest BCUT2D eigenvalue weighted by molar-refractivity contribution is 0.0926. The van der Waals surface area contributed by atoms with Crippen molar-refractivity contribution < 1.29 is 9.59 Å². The van der Waals surface area contributed by atoms with E-state index in [9.17, 15) is 9.59 Å². The van der Waals surface area contributed by atoms with Gasteiger partial charge in [-0.05, 0) is 64.7 Å². The summed E-state index contributed by atoms with van der Waals surface area (Å²) >= 11 is 0. The molecule has 0 N–H and O–H groups in total. The Morgan fingerprint density at radius 3 is 2.00 bits per heavy atom. The summed E-state index contributed by atoms with van der Waals surface area (Å²) in [5.41, 5.74) is 8.47. The highest BCUT2D eigenvalue weighted by molar-refractivity contribution is 6.36. The number of anilines is 1. The monoisotopic (exact) mass is 565 g/mol. The molecule has 5 heteroatoms. The van der Waals surface area contributed by atoms with Crippen molar-refractivity contribution in [1.82, 2.24) is 4.57 Å². The average molecular weight is 566 g/mol. The van der Waals surface area contributed by atoms with E-state index in [2.05, 4.69) is 33.7 Å². The summed E-state index contributed by atoms with van der Waals surface area (Å²) in [7, 11) is 0. The zero-order chi connectivity index (χ0) is 29.8. The highest BCUT2D eigenvalue weighted by atomic mass is 16.2. The number of rotatable bonds is 4. The Kier molecular flexibility index (Phi) is 5.75. The maximum absolute atomic E-state index is 14.2. The molecule has 0 atom stereocenters. The van der Waals surface area contributed by atoms with Gasteiger partial charge in [-0.1, -0.05) is 97.1 Å². The molecule has 8 rings (SSSR count). The first-order chi connectivity index (χ1) is 21.6. The molecule has 1 aliphatic heterocycles. The highest BCUT2D eigenvalue weighted by Gasteiger charge is 2.39. The molecule has 0 saturated carbocycles. The standard InChI is InChI=1S/C39H23N3O2/c1-40-29-20-17-26(18-21-29)28-19-22-35-33(24-28)31-13-5-6-15-34(31)42(35)36-16-8-14-32-37(36)39(44)41(38(32)43)30-12-7-11-27(23-30)25-9-3-2-4-10-25/h2-24H. The van der Waals surface area contributed by atoms with Crippen LogP contribution in [0.15, 0.2) is 140 Å². The number of carbonyl (C=O) groups is 2. The number of aromatic nitrogens is 1. The minimum absolute atomic E-state index is 0.331. The van der Waals surface area contributed by atoms with Crippen molar-refractivity contribution in [2.45, 2.75) is 0 Å². The number of benzene rings is 6. The van der Waals surface area contributed by atoms with Crippen molar-refractivity contribution >= 4 is 45.0 Å². The predicted molar refractivity (Wildman–Crippen MR) is 175 cm³/mol. The molecule has 1 aliphatic rings. The minimum Gasteiger partial charge on any atom is -0.308 e. The van der Waals surface area contributed by atoms with Gasteiger partial charge in [0.05, 0.1) is 40.1 Å². The molecule has 2 heterocycles. The molecule has 44 heavy (non-hydrogen) atoms. The molecular weight excluding hydrogens is 542 g/mol. The first-order valence-electron chi connectivity index (χ1n) is 14.3. The van der Waals surface area contributed by atoms with Gasteiger partial charge in [0.15, 0.2) is 5.69 Å². The van der Waals surface area contributed by atoms with Crippen molar-refractivity contribution in [3.63, 3.8) is 0 Å². The molecule has 0 aliphatic carbocycles. The molecule has 0 saturated heterocycles. The van der Waals surface area contributed by atoms with E-state index in [0.717, 1.165) is 44.1 Å². The summed E-state index contributed by atoms with van der Waals surface area (Å²) in [5, 5.41) is 2.08. The van der Waals surface area contributed by atoms with Crippen LogP contribution in [0.25, 0.3) is 54.6 Å². The first-order valence-corrected chi connectivity index (χ1v) is 14.3. The van der Waals surface area contributed by atoms with Crippen LogP contribution in [0.2, 0.25) is 0 Å². The van der Waals surface area contributed by atoms with Crippen molar-refractivity contribution in [3.8, 4) is 27.9 Å². The smallest absolute Gasteiger partial charge is 0.268 e. The third-order valence-corrected chi connectivity index (χ3v) is 8.35. The van der Waals surface area contributed by atoms with E-state index in [0.29, 0.717) is 28.2 Å². The summed E-state index contributed by atoms with van der Waals surface area (Å²) in [6.45, 7) is 7.26. The second kappa shape index (κ2) is 9.94. The second-order valence-corrected chi connectivity index (χ2v) is 10.8. The van der Waals surface area contributed by atoms with E-state index in [4.69, 9.17) is 6.57 Å². The summed E-state index contributed by atoms with van der Waals surface area (Å²) in [5.74, 6) is -0.670. The van der Waals surface area contributed by atoms with E-state index in [1.54, 1.807) is 12.1 Å². The summed E-state index contributed by atoms with van der Waals surface area (Å²) in [4.78, 5) is 32.8. The Morgan fingerprint density at radius 1 is 0.523 bits per heavy atom. The van der Waals surface area contributed by atoms with Crippen molar-refractivity contribution in [1.29, 1.82) is 0 Å². The van der Waals surface area contributed by atoms with Crippen LogP contribution < -0.4 is 4.90 Å². The Bertz CT molecular complexity index is 2330. The lowest BCUT2D eigenvalue weighted by Gasteiger charge is -2.16. The topological polar surface area (TPSA) is 46.7 Å². The largest absolute Gasteiger partial charge is 0.308 e. The van der Waals surface area contributed by atoms with Crippen LogP contribution in [-0.4, -0.2) is 16.4 Å². The summed E-state index contributed by atoms with van der Waals surface area (Å²) in [6, 6.07) is 44.9. The van der Waals surface area contributed by atoms with Gasteiger partial charge < -0.3 is 4.57 Å². The van der Waals surface area contributed by atoms with Gasteiger partial charge in [-0.25, -0.2) is 9.74 Å². The Balaban J connectivity index is 1.28. The number of imide groups is 1. The number of hydrogen-bond acceptors (Lipinski definition) is 2. The number of nitrogens with zero attached hydrogens (tertiary/aromatic N) is 3. The van der Waals surface area contributed by atoms with Gasteiger partial charge >= 0.3 is 0 Å². The number of hydrogen-bond donors (Lipinski definition) is 0. The van der Waals surface area contributed by atoms with E-state index >= 15 is 0 Å². The van der Waals surface area contributed by atoms with Gasteiger partial charge in [-0.15, -0.1) is 0 Å². The first kappa shape index (κ1) is 25.5. The number of fused-ring (bicyclic) bond motifs is 4. The molecule has 1 aromatic heterocycles. The fourth-order valence-corrected chi connectivity index (χ4v) is 6.28. The lowest BCUT2D eigenvalue weighted by Crippen LogP contribution is -2.29. The van der Waals surface area contributed by atoms with Crippen LogP contribution in [0.4, 0.5) is 11.4 Å². The molecule has 5 nitrogen and oxygen atoms in total. The molecule has 2 amide bonds. The van der Waals surface area contributed by atoms with Gasteiger partial charge in [0.25, 0.3) is 11.8 Å². The molecule has 6 aromatic carbocycles. The van der Waals surface area contributed by atoms with Crippen LogP contribution in [-0.2, 0) is 0 Å². The van der Waals surface area contributed by atoms with Crippen LogP contribution in [0.5, 0.6) is 0 Å². The van der Waals surface area contributed by atoms with Crippen molar-refractivity contribution in [2.24, 2.45) is 0 Å². The molecular formula is C39H23N3O2. The zero-order valence-corrected chi connectivity index (χ0v) is 23.4. The minimum atomic E-state index is -0.340. The lowest BCUT2D eigenvalue weighted by atomic mass is 10.0. The molecule has 0 unspecified atom stereocenters. The van der Waals surface area contributed by atoms with E-state index < -0.39 is 0 Å². The van der Waals surface area contributed by atoms with Crippen molar-refractivity contribution in [3.05, 3.63) is 162 Å². The Labute approximate surface area is 253 Å². The maximum atomic E-state index is 14.2. The molecule has 206 valence electrons. The molecule has 7 aromatic rings. The summed E-state index contributed by atoms with van der Waals surface area (Å²) in [6.07, 6.45) is 0. The predicted octanol–water partition coefficient (Wildman–Crippen LogP) is 9.47. The fourth-order valence-electron chi connectivity index (χ4n) is 6.28. The van der Waals surface area contributed by atoms with E-state index in [-0.39, 0.29) is 11.8 Å². The SMILES string of the molecule is [C-]#[N+]c1ccc(-c2ccc3c(c2)c2ccccc2n3-c2cccc3c2C(=O)N(c2cccc(-c4ccccc4)c2)C3=O)cc1.